The molecule has 3 nitrogen and oxygen atoms in total. The number of allylic oxidation sites excluding steroid dienone is 7. The van der Waals surface area contributed by atoms with Crippen LogP contribution in [0.5, 0.6) is 0 Å². The standard InChI is InChI=1S/C18H24N2O/c1-4-6-16(17(12-19)13-20-3)11-18(21)10-15-8-5-7-14(2)9-15/h1,6,9,11-13,15,19-21H,5,7-8,10H2,2-3H3/b16-6+,17-13+,18-11+,19-12?. The average molecular weight is 284 g/mol. The number of hydrogen-bond acceptors (Lipinski definition) is 3. The molecule has 0 aromatic rings. The first-order chi connectivity index (χ1) is 10.1. The molecule has 1 atom stereocenters. The lowest BCUT2D eigenvalue weighted by molar-refractivity contribution is 0.355. The van der Waals surface area contributed by atoms with E-state index < -0.39 is 0 Å². The van der Waals surface area contributed by atoms with Gasteiger partial charge in [-0.05, 0) is 49.8 Å². The van der Waals surface area contributed by atoms with Gasteiger partial charge in [-0.25, -0.2) is 0 Å². The lowest BCUT2D eigenvalue weighted by Crippen LogP contribution is -2.05. The molecule has 0 spiro atoms. The summed E-state index contributed by atoms with van der Waals surface area (Å²) < 4.78 is 0. The minimum atomic E-state index is 0.302. The molecule has 0 radical (unpaired) electrons. The first-order valence-electron chi connectivity index (χ1n) is 7.22. The molecule has 0 aromatic heterocycles. The molecule has 1 aliphatic carbocycles. The Balaban J connectivity index is 2.88. The van der Waals surface area contributed by atoms with E-state index in [9.17, 15) is 5.11 Å². The summed E-state index contributed by atoms with van der Waals surface area (Å²) in [5.41, 5.74) is 2.70. The highest BCUT2D eigenvalue weighted by atomic mass is 16.3. The van der Waals surface area contributed by atoms with Crippen molar-refractivity contribution in [2.24, 2.45) is 5.92 Å². The lowest BCUT2D eigenvalue weighted by atomic mass is 9.88. The van der Waals surface area contributed by atoms with Crippen molar-refractivity contribution in [2.75, 3.05) is 7.05 Å². The molecule has 0 saturated carbocycles. The van der Waals surface area contributed by atoms with E-state index in [1.54, 1.807) is 25.4 Å². The van der Waals surface area contributed by atoms with Gasteiger partial charge in [0.1, 0.15) is 0 Å². The van der Waals surface area contributed by atoms with Gasteiger partial charge >= 0.3 is 0 Å². The highest BCUT2D eigenvalue weighted by Gasteiger charge is 2.13. The Bertz CT molecular complexity index is 530. The Kier molecular flexibility index (Phi) is 7.11. The third-order valence-corrected chi connectivity index (χ3v) is 3.49. The smallest absolute Gasteiger partial charge is 0.0934 e. The molecule has 3 heteroatoms. The monoisotopic (exact) mass is 284 g/mol. The van der Waals surface area contributed by atoms with Crippen LogP contribution in [0.4, 0.5) is 0 Å². The predicted octanol–water partition coefficient (Wildman–Crippen LogP) is 3.88. The Hall–Kier alpha value is -2.21. The fourth-order valence-electron chi connectivity index (χ4n) is 2.54. The molecule has 0 aromatic carbocycles. The molecular weight excluding hydrogens is 260 g/mol. The molecule has 0 heterocycles. The molecule has 21 heavy (non-hydrogen) atoms. The van der Waals surface area contributed by atoms with Gasteiger partial charge < -0.3 is 15.8 Å². The summed E-state index contributed by atoms with van der Waals surface area (Å²) in [5, 5.41) is 20.5. The van der Waals surface area contributed by atoms with Gasteiger partial charge in [0.05, 0.1) is 5.76 Å². The van der Waals surface area contributed by atoms with Crippen molar-refractivity contribution in [3.8, 4) is 12.3 Å². The second-order valence-electron chi connectivity index (χ2n) is 5.30. The number of terminal acetylenes is 1. The van der Waals surface area contributed by atoms with Crippen molar-refractivity contribution in [3.05, 3.63) is 46.9 Å². The van der Waals surface area contributed by atoms with E-state index in [4.69, 9.17) is 11.8 Å². The predicted molar refractivity (Wildman–Crippen MR) is 89.3 cm³/mol. The van der Waals surface area contributed by atoms with Crippen molar-refractivity contribution in [1.82, 2.24) is 5.32 Å². The molecule has 3 N–H and O–H groups in total. The first kappa shape index (κ1) is 16.8. The van der Waals surface area contributed by atoms with E-state index in [0.717, 1.165) is 12.8 Å². The van der Waals surface area contributed by atoms with Crippen molar-refractivity contribution in [2.45, 2.75) is 32.6 Å². The molecule has 0 amide bonds. The molecule has 1 rings (SSSR count). The maximum Gasteiger partial charge on any atom is 0.0934 e. The number of nitrogens with one attached hydrogen (secondary N) is 2. The molecule has 112 valence electrons. The minimum Gasteiger partial charge on any atom is -0.512 e. The summed E-state index contributed by atoms with van der Waals surface area (Å²) in [4.78, 5) is 0. The highest BCUT2D eigenvalue weighted by Crippen LogP contribution is 2.27. The molecule has 0 saturated heterocycles. The Morgan fingerprint density at radius 1 is 1.57 bits per heavy atom. The maximum atomic E-state index is 10.2. The van der Waals surface area contributed by atoms with Crippen LogP contribution in [0.3, 0.4) is 0 Å². The third-order valence-electron chi connectivity index (χ3n) is 3.49. The summed E-state index contributed by atoms with van der Waals surface area (Å²) in [7, 11) is 1.76. The summed E-state index contributed by atoms with van der Waals surface area (Å²) >= 11 is 0. The van der Waals surface area contributed by atoms with E-state index in [1.807, 2.05) is 0 Å². The van der Waals surface area contributed by atoms with Gasteiger partial charge in [0.25, 0.3) is 0 Å². The lowest BCUT2D eigenvalue weighted by Gasteiger charge is -2.19. The van der Waals surface area contributed by atoms with Crippen LogP contribution in [0.1, 0.15) is 32.6 Å². The van der Waals surface area contributed by atoms with Gasteiger partial charge in [-0.2, -0.15) is 0 Å². The zero-order valence-electron chi connectivity index (χ0n) is 12.8. The third kappa shape index (κ3) is 5.74. The molecule has 1 aliphatic rings. The zero-order chi connectivity index (χ0) is 15.7. The number of rotatable bonds is 6. The van der Waals surface area contributed by atoms with Crippen LogP contribution in [0.25, 0.3) is 0 Å². The number of aliphatic hydroxyl groups is 1. The fraction of sp³-hybridized carbons (Fsp3) is 0.389. The molecule has 0 fully saturated rings. The summed E-state index contributed by atoms with van der Waals surface area (Å²) in [5.74, 6) is 3.15. The van der Waals surface area contributed by atoms with Gasteiger partial charge in [-0.1, -0.05) is 17.6 Å². The molecule has 0 aliphatic heterocycles. The quantitative estimate of drug-likeness (QED) is 0.228. The average Bonchev–Trinajstić information content (AvgIpc) is 2.44. The van der Waals surface area contributed by atoms with E-state index in [-0.39, 0.29) is 0 Å². The van der Waals surface area contributed by atoms with Crippen LogP contribution in [-0.4, -0.2) is 18.4 Å². The Morgan fingerprint density at radius 2 is 2.33 bits per heavy atom. The first-order valence-corrected chi connectivity index (χ1v) is 7.22. The van der Waals surface area contributed by atoms with Crippen molar-refractivity contribution in [1.29, 1.82) is 5.41 Å². The van der Waals surface area contributed by atoms with E-state index >= 15 is 0 Å². The van der Waals surface area contributed by atoms with Crippen LogP contribution in [0.2, 0.25) is 0 Å². The molecule has 0 bridgehead atoms. The zero-order valence-corrected chi connectivity index (χ0v) is 12.8. The van der Waals surface area contributed by atoms with E-state index in [2.05, 4.69) is 24.2 Å². The normalized spacial score (nSPS) is 20.5. The van der Waals surface area contributed by atoms with Gasteiger partial charge in [0, 0.05) is 31.5 Å². The Morgan fingerprint density at radius 3 is 2.90 bits per heavy atom. The SMILES string of the molecule is C#C/C=C(\C=C(\O)CC1C=C(C)CCC1)C(/C=N)=C/NC. The van der Waals surface area contributed by atoms with Crippen molar-refractivity contribution >= 4 is 6.21 Å². The summed E-state index contributed by atoms with van der Waals surface area (Å²) in [6.45, 7) is 2.14. The number of hydrogen-bond donors (Lipinski definition) is 3. The molecule has 1 unspecified atom stereocenters. The summed E-state index contributed by atoms with van der Waals surface area (Å²) in [6.07, 6.45) is 17.8. The van der Waals surface area contributed by atoms with Gasteiger partial charge in [0.2, 0.25) is 0 Å². The summed E-state index contributed by atoms with van der Waals surface area (Å²) in [6, 6.07) is 0. The number of aliphatic hydroxyl groups excluding tert-OH is 1. The highest BCUT2D eigenvalue weighted by molar-refractivity contribution is 5.84. The van der Waals surface area contributed by atoms with Crippen LogP contribution in [0, 0.1) is 23.7 Å². The topological polar surface area (TPSA) is 56.1 Å². The second-order valence-corrected chi connectivity index (χ2v) is 5.30. The van der Waals surface area contributed by atoms with Gasteiger partial charge in [-0.15, -0.1) is 6.42 Å². The van der Waals surface area contributed by atoms with Crippen LogP contribution >= 0.6 is 0 Å². The molecular formula is C18H24N2O. The largest absolute Gasteiger partial charge is 0.512 e. The van der Waals surface area contributed by atoms with Crippen LogP contribution < -0.4 is 5.32 Å². The van der Waals surface area contributed by atoms with Crippen molar-refractivity contribution < 1.29 is 5.11 Å². The maximum absolute atomic E-state index is 10.2. The fourth-order valence-corrected chi connectivity index (χ4v) is 2.54. The van der Waals surface area contributed by atoms with Crippen LogP contribution in [-0.2, 0) is 0 Å². The van der Waals surface area contributed by atoms with E-state index in [0.29, 0.717) is 29.2 Å². The van der Waals surface area contributed by atoms with E-state index in [1.165, 1.54) is 18.2 Å². The minimum absolute atomic E-state index is 0.302. The van der Waals surface area contributed by atoms with Crippen LogP contribution in [0.15, 0.2) is 46.9 Å². The van der Waals surface area contributed by atoms with Crippen molar-refractivity contribution in [3.63, 3.8) is 0 Å². The van der Waals surface area contributed by atoms with Gasteiger partial charge in [-0.3, -0.25) is 0 Å². The Labute approximate surface area is 127 Å². The second kappa shape index (κ2) is 8.86. The van der Waals surface area contributed by atoms with Gasteiger partial charge in [0.15, 0.2) is 0 Å².